The summed E-state index contributed by atoms with van der Waals surface area (Å²) in [7, 11) is 0. The van der Waals surface area contributed by atoms with Crippen molar-refractivity contribution in [2.45, 2.75) is 27.7 Å². The van der Waals surface area contributed by atoms with E-state index < -0.39 is 4.92 Å². The van der Waals surface area contributed by atoms with Gasteiger partial charge in [-0.1, -0.05) is 29.3 Å². The van der Waals surface area contributed by atoms with Gasteiger partial charge in [0.15, 0.2) is 0 Å². The molecule has 0 saturated carbocycles. The van der Waals surface area contributed by atoms with Crippen molar-refractivity contribution in [3.05, 3.63) is 74.0 Å². The highest BCUT2D eigenvalue weighted by atomic mass is 35.5. The Labute approximate surface area is 167 Å². The van der Waals surface area contributed by atoms with E-state index in [0.717, 1.165) is 27.9 Å². The van der Waals surface area contributed by atoms with E-state index in [1.54, 1.807) is 12.1 Å². The highest BCUT2D eigenvalue weighted by molar-refractivity contribution is 6.32. The maximum absolute atomic E-state index is 11.7. The molecule has 0 unspecified atom stereocenters. The summed E-state index contributed by atoms with van der Waals surface area (Å²) < 4.78 is 5.72. The van der Waals surface area contributed by atoms with Crippen LogP contribution in [0.4, 0.5) is 17.2 Å². The van der Waals surface area contributed by atoms with Crippen molar-refractivity contribution < 1.29 is 9.66 Å². The molecule has 0 amide bonds. The Morgan fingerprint density at radius 2 is 1.71 bits per heavy atom. The number of ether oxygens (including phenoxy) is 1. The van der Waals surface area contributed by atoms with Crippen molar-refractivity contribution in [3.63, 3.8) is 0 Å². The predicted molar refractivity (Wildman–Crippen MR) is 109 cm³/mol. The lowest BCUT2D eigenvalue weighted by atomic mass is 10.1. The van der Waals surface area contributed by atoms with Gasteiger partial charge in [0.05, 0.1) is 4.92 Å². The van der Waals surface area contributed by atoms with E-state index in [0.29, 0.717) is 10.8 Å². The average Bonchev–Trinajstić information content (AvgIpc) is 2.62. The molecule has 0 saturated heterocycles. The van der Waals surface area contributed by atoms with Gasteiger partial charge in [-0.2, -0.15) is 4.98 Å². The van der Waals surface area contributed by atoms with E-state index >= 15 is 0 Å². The van der Waals surface area contributed by atoms with Crippen molar-refractivity contribution in [1.29, 1.82) is 0 Å². The first kappa shape index (κ1) is 19.6. The fourth-order valence-corrected chi connectivity index (χ4v) is 2.96. The highest BCUT2D eigenvalue weighted by Gasteiger charge is 2.25. The van der Waals surface area contributed by atoms with Crippen LogP contribution in [-0.4, -0.2) is 14.9 Å². The first-order valence-electron chi connectivity index (χ1n) is 8.54. The van der Waals surface area contributed by atoms with E-state index in [1.165, 1.54) is 6.33 Å². The summed E-state index contributed by atoms with van der Waals surface area (Å²) >= 11 is 6.18. The standard InChI is InChI=1S/C20H19ClN4O3/c1-11-5-6-16(12(2)7-11)24-19-18(25(26)27)20(23-10-22-19)28-15-8-13(3)17(21)14(4)9-15/h5-10H,1-4H3,(H,22,23,24). The van der Waals surface area contributed by atoms with Crippen LogP contribution in [0.3, 0.4) is 0 Å². The Morgan fingerprint density at radius 1 is 1.04 bits per heavy atom. The number of nitro groups is 1. The van der Waals surface area contributed by atoms with Crippen molar-refractivity contribution in [2.24, 2.45) is 0 Å². The second-order valence-electron chi connectivity index (χ2n) is 6.55. The Balaban J connectivity index is 2.01. The fraction of sp³-hybridized carbons (Fsp3) is 0.200. The molecule has 0 aliphatic heterocycles. The van der Waals surface area contributed by atoms with Crippen molar-refractivity contribution in [2.75, 3.05) is 5.32 Å². The molecule has 28 heavy (non-hydrogen) atoms. The number of hydrogen-bond acceptors (Lipinski definition) is 6. The van der Waals surface area contributed by atoms with Gasteiger partial charge >= 0.3 is 11.6 Å². The van der Waals surface area contributed by atoms with Gasteiger partial charge < -0.3 is 10.1 Å². The first-order chi connectivity index (χ1) is 13.3. The van der Waals surface area contributed by atoms with Crippen LogP contribution in [0.5, 0.6) is 11.6 Å². The molecule has 0 aliphatic rings. The number of aryl methyl sites for hydroxylation is 4. The lowest BCUT2D eigenvalue weighted by molar-refractivity contribution is -0.385. The van der Waals surface area contributed by atoms with Gasteiger partial charge in [0.1, 0.15) is 12.1 Å². The molecule has 1 N–H and O–H groups in total. The van der Waals surface area contributed by atoms with Crippen molar-refractivity contribution in [3.8, 4) is 11.6 Å². The molecular formula is C20H19ClN4O3. The lowest BCUT2D eigenvalue weighted by Gasteiger charge is -2.12. The fourth-order valence-electron chi connectivity index (χ4n) is 2.85. The molecule has 3 aromatic rings. The number of aromatic nitrogens is 2. The second kappa shape index (κ2) is 7.82. The third-order valence-corrected chi connectivity index (χ3v) is 4.83. The number of halogens is 1. The lowest BCUT2D eigenvalue weighted by Crippen LogP contribution is -2.04. The summed E-state index contributed by atoms with van der Waals surface area (Å²) in [6.45, 7) is 7.57. The normalized spacial score (nSPS) is 10.6. The van der Waals surface area contributed by atoms with Crippen LogP contribution in [0.15, 0.2) is 36.7 Å². The molecule has 1 heterocycles. The van der Waals surface area contributed by atoms with Crippen LogP contribution in [0.2, 0.25) is 5.02 Å². The van der Waals surface area contributed by atoms with E-state index in [4.69, 9.17) is 16.3 Å². The minimum Gasteiger partial charge on any atom is -0.434 e. The molecular weight excluding hydrogens is 380 g/mol. The van der Waals surface area contributed by atoms with Crippen LogP contribution in [-0.2, 0) is 0 Å². The number of anilines is 2. The molecule has 3 rings (SSSR count). The van der Waals surface area contributed by atoms with E-state index in [9.17, 15) is 10.1 Å². The van der Waals surface area contributed by atoms with Crippen LogP contribution >= 0.6 is 11.6 Å². The zero-order valence-electron chi connectivity index (χ0n) is 15.9. The molecule has 144 valence electrons. The minimum absolute atomic E-state index is 0.0596. The number of rotatable bonds is 5. The Bertz CT molecular complexity index is 1050. The molecule has 0 fully saturated rings. The maximum Gasteiger partial charge on any atom is 0.373 e. The van der Waals surface area contributed by atoms with Crippen molar-refractivity contribution in [1.82, 2.24) is 9.97 Å². The second-order valence-corrected chi connectivity index (χ2v) is 6.93. The molecule has 0 radical (unpaired) electrons. The highest BCUT2D eigenvalue weighted by Crippen LogP contribution is 2.37. The van der Waals surface area contributed by atoms with Gasteiger partial charge in [-0.15, -0.1) is 0 Å². The summed E-state index contributed by atoms with van der Waals surface area (Å²) in [6, 6.07) is 9.16. The van der Waals surface area contributed by atoms with Gasteiger partial charge in [0, 0.05) is 10.7 Å². The quantitative estimate of drug-likeness (QED) is 0.431. The molecule has 0 aliphatic carbocycles. The zero-order valence-corrected chi connectivity index (χ0v) is 16.7. The summed E-state index contributed by atoms with van der Waals surface area (Å²) in [5.41, 5.74) is 4.03. The minimum atomic E-state index is -0.559. The number of nitrogens with zero attached hydrogens (tertiary/aromatic N) is 3. The van der Waals surface area contributed by atoms with E-state index in [1.807, 2.05) is 45.9 Å². The summed E-state index contributed by atoms with van der Waals surface area (Å²) in [5.74, 6) is 0.330. The summed E-state index contributed by atoms with van der Waals surface area (Å²) in [4.78, 5) is 19.2. The smallest absolute Gasteiger partial charge is 0.373 e. The average molecular weight is 399 g/mol. The largest absolute Gasteiger partial charge is 0.434 e. The van der Waals surface area contributed by atoms with Gasteiger partial charge in [-0.3, -0.25) is 10.1 Å². The molecule has 1 aromatic heterocycles. The van der Waals surface area contributed by atoms with Gasteiger partial charge in [0.25, 0.3) is 0 Å². The van der Waals surface area contributed by atoms with Crippen LogP contribution in [0.25, 0.3) is 0 Å². The molecule has 0 atom stereocenters. The molecule has 0 spiro atoms. The zero-order chi connectivity index (χ0) is 20.4. The first-order valence-corrected chi connectivity index (χ1v) is 8.92. The molecule has 8 heteroatoms. The SMILES string of the molecule is Cc1ccc(Nc2ncnc(Oc3cc(C)c(Cl)c(C)c3)c2[N+](=O)[O-])c(C)c1. The Morgan fingerprint density at radius 3 is 2.32 bits per heavy atom. The Hall–Kier alpha value is -3.19. The van der Waals surface area contributed by atoms with Crippen LogP contribution in [0, 0.1) is 37.8 Å². The maximum atomic E-state index is 11.7. The van der Waals surface area contributed by atoms with E-state index in [-0.39, 0.29) is 17.4 Å². The topological polar surface area (TPSA) is 90.2 Å². The van der Waals surface area contributed by atoms with Crippen LogP contribution < -0.4 is 10.1 Å². The van der Waals surface area contributed by atoms with Gasteiger partial charge in [0.2, 0.25) is 5.82 Å². The number of benzene rings is 2. The monoisotopic (exact) mass is 398 g/mol. The summed E-state index contributed by atoms with van der Waals surface area (Å²) in [5, 5.41) is 15.4. The molecule has 0 bridgehead atoms. The van der Waals surface area contributed by atoms with Crippen molar-refractivity contribution >= 4 is 28.8 Å². The molecule has 2 aromatic carbocycles. The number of nitrogens with one attached hydrogen (secondary N) is 1. The predicted octanol–water partition coefficient (Wildman–Crippen LogP) is 5.81. The number of hydrogen-bond donors (Lipinski definition) is 1. The third-order valence-electron chi connectivity index (χ3n) is 4.23. The van der Waals surface area contributed by atoms with Gasteiger partial charge in [-0.25, -0.2) is 4.98 Å². The summed E-state index contributed by atoms with van der Waals surface area (Å²) in [6.07, 6.45) is 1.23. The Kier molecular flexibility index (Phi) is 5.46. The third kappa shape index (κ3) is 4.04. The van der Waals surface area contributed by atoms with Gasteiger partial charge in [-0.05, 0) is 62.6 Å². The van der Waals surface area contributed by atoms with E-state index in [2.05, 4.69) is 15.3 Å². The molecule has 7 nitrogen and oxygen atoms in total. The van der Waals surface area contributed by atoms with Crippen LogP contribution in [0.1, 0.15) is 22.3 Å².